The monoisotopic (exact) mass is 523 g/mol. The number of nitrogens with zero attached hydrogens (tertiary/aromatic N) is 1. The molecule has 0 aromatic carbocycles. The van der Waals surface area contributed by atoms with Crippen LogP contribution in [0.2, 0.25) is 0 Å². The van der Waals surface area contributed by atoms with Crippen molar-refractivity contribution < 1.29 is 67.2 Å². The summed E-state index contributed by atoms with van der Waals surface area (Å²) >= 11 is 0. The second-order valence-corrected chi connectivity index (χ2v) is 7.96. The van der Waals surface area contributed by atoms with E-state index in [1.165, 1.54) is 13.8 Å². The first-order valence-corrected chi connectivity index (χ1v) is 10.5. The molecular formula is C16H21F8NO7S. The van der Waals surface area contributed by atoms with E-state index in [4.69, 9.17) is 4.55 Å². The third-order valence-corrected chi connectivity index (χ3v) is 4.80. The molecule has 8 nitrogen and oxygen atoms in total. The Bertz CT molecular complexity index is 825. The van der Waals surface area contributed by atoms with Gasteiger partial charge in [0.05, 0.1) is 6.61 Å². The van der Waals surface area contributed by atoms with Crippen molar-refractivity contribution in [3.63, 3.8) is 0 Å². The van der Waals surface area contributed by atoms with Gasteiger partial charge >= 0.3 is 45.1 Å². The van der Waals surface area contributed by atoms with Gasteiger partial charge in [-0.3, -0.25) is 9.35 Å². The summed E-state index contributed by atoms with van der Waals surface area (Å²) < 4.78 is 146. The van der Waals surface area contributed by atoms with Gasteiger partial charge in [0.25, 0.3) is 0 Å². The molecule has 1 N–H and O–H groups in total. The summed E-state index contributed by atoms with van der Waals surface area (Å²) in [4.78, 5) is 24.6. The third kappa shape index (κ3) is 6.99. The van der Waals surface area contributed by atoms with Gasteiger partial charge in [-0.05, 0) is 12.8 Å². The van der Waals surface area contributed by atoms with Crippen LogP contribution in [0.3, 0.4) is 0 Å². The zero-order valence-corrected chi connectivity index (χ0v) is 18.0. The number of ether oxygens (including phenoxy) is 2. The summed E-state index contributed by atoms with van der Waals surface area (Å²) in [6, 6.07) is 0. The largest absolute Gasteiger partial charge is 0.466 e. The zero-order valence-electron chi connectivity index (χ0n) is 17.2. The van der Waals surface area contributed by atoms with E-state index in [0.717, 1.165) is 0 Å². The molecule has 0 aliphatic heterocycles. The van der Waals surface area contributed by atoms with Crippen LogP contribution in [0.25, 0.3) is 0 Å². The molecule has 0 fully saturated rings. The number of hydrogen-bond acceptors (Lipinski definition) is 6. The minimum Gasteiger partial charge on any atom is -0.410 e. The molecule has 17 heteroatoms. The van der Waals surface area contributed by atoms with Crippen molar-refractivity contribution in [2.24, 2.45) is 0 Å². The predicted molar refractivity (Wildman–Crippen MR) is 94.3 cm³/mol. The summed E-state index contributed by atoms with van der Waals surface area (Å²) in [6.07, 6.45) is -8.43. The molecule has 0 radical (unpaired) electrons. The first kappa shape index (κ1) is 31.0. The molecule has 1 atom stereocenters. The lowest BCUT2D eigenvalue weighted by Crippen LogP contribution is -2.63. The third-order valence-electron chi connectivity index (χ3n) is 3.86. The zero-order chi connectivity index (χ0) is 26.5. The number of halogens is 8. The van der Waals surface area contributed by atoms with E-state index in [1.807, 2.05) is 0 Å². The van der Waals surface area contributed by atoms with Crippen molar-refractivity contribution in [1.82, 2.24) is 4.90 Å². The van der Waals surface area contributed by atoms with Crippen molar-refractivity contribution in [3.05, 3.63) is 12.4 Å². The van der Waals surface area contributed by atoms with Crippen LogP contribution in [-0.2, 0) is 29.2 Å². The van der Waals surface area contributed by atoms with E-state index in [9.17, 15) is 53.1 Å². The number of carbonyl (C=O) groups excluding carboxylic acids is 2. The normalized spacial score (nSPS) is 15.0. The van der Waals surface area contributed by atoms with Crippen molar-refractivity contribution in [2.45, 2.75) is 56.3 Å². The maximum absolute atomic E-state index is 13.9. The van der Waals surface area contributed by atoms with E-state index in [-0.39, 0.29) is 25.9 Å². The fraction of sp³-hybridized carbons (Fsp3) is 0.750. The Hall–Kier alpha value is -2.01. The van der Waals surface area contributed by atoms with E-state index < -0.39 is 64.0 Å². The molecule has 0 aromatic rings. The number of rotatable bonds is 13. The van der Waals surface area contributed by atoms with Crippen LogP contribution < -0.4 is 0 Å². The van der Waals surface area contributed by atoms with Gasteiger partial charge in [-0.15, -0.1) is 0 Å². The standard InChI is InChI=1S/C16H21F8NO7S/c1-4-7-25(8-5-2)12(27)14(15(20,21)22,32-11(26)10(3)17)31-9-6-13(18,19)16(23,24)33(28,29)30/h3-9H2,1-2H3,(H,28,29,30). The highest BCUT2D eigenvalue weighted by Gasteiger charge is 2.69. The van der Waals surface area contributed by atoms with Crippen LogP contribution in [-0.4, -0.2) is 72.6 Å². The molecular weight excluding hydrogens is 502 g/mol. The lowest BCUT2D eigenvalue weighted by Gasteiger charge is -2.37. The van der Waals surface area contributed by atoms with Gasteiger partial charge in [0, 0.05) is 19.5 Å². The van der Waals surface area contributed by atoms with E-state index >= 15 is 0 Å². The number of amides is 1. The lowest BCUT2D eigenvalue weighted by atomic mass is 10.2. The summed E-state index contributed by atoms with van der Waals surface area (Å²) in [6.45, 7) is 2.30. The smallest absolute Gasteiger partial charge is 0.410 e. The van der Waals surface area contributed by atoms with Crippen molar-refractivity contribution >= 4 is 22.0 Å². The molecule has 194 valence electrons. The Balaban J connectivity index is 6.33. The fourth-order valence-corrected chi connectivity index (χ4v) is 2.78. The van der Waals surface area contributed by atoms with Crippen LogP contribution in [0.5, 0.6) is 0 Å². The van der Waals surface area contributed by atoms with E-state index in [0.29, 0.717) is 4.90 Å². The van der Waals surface area contributed by atoms with Crippen LogP contribution in [0.15, 0.2) is 12.4 Å². The van der Waals surface area contributed by atoms with Crippen LogP contribution in [0, 0.1) is 0 Å². The Morgan fingerprint density at radius 2 is 1.45 bits per heavy atom. The minimum absolute atomic E-state index is 0.0576. The number of esters is 1. The molecule has 0 aliphatic carbocycles. The van der Waals surface area contributed by atoms with Crippen molar-refractivity contribution in [3.8, 4) is 0 Å². The first-order valence-electron chi connectivity index (χ1n) is 9.02. The topological polar surface area (TPSA) is 110 Å². The molecule has 0 aliphatic rings. The molecule has 0 bridgehead atoms. The van der Waals surface area contributed by atoms with Crippen LogP contribution in [0.1, 0.15) is 33.1 Å². The molecule has 0 saturated carbocycles. The Labute approximate surface area is 183 Å². The van der Waals surface area contributed by atoms with Gasteiger partial charge in [0.2, 0.25) is 5.83 Å². The summed E-state index contributed by atoms with van der Waals surface area (Å²) in [5.74, 6) is -17.2. The van der Waals surface area contributed by atoms with Crippen LogP contribution in [0.4, 0.5) is 35.1 Å². The molecule has 1 unspecified atom stereocenters. The van der Waals surface area contributed by atoms with Crippen molar-refractivity contribution in [1.29, 1.82) is 0 Å². The average Bonchev–Trinajstić information content (AvgIpc) is 2.64. The molecule has 0 saturated heterocycles. The van der Waals surface area contributed by atoms with Gasteiger partial charge in [-0.2, -0.15) is 43.5 Å². The van der Waals surface area contributed by atoms with E-state index in [2.05, 4.69) is 16.1 Å². The van der Waals surface area contributed by atoms with Crippen molar-refractivity contribution in [2.75, 3.05) is 19.7 Å². The second kappa shape index (κ2) is 10.9. The Kier molecular flexibility index (Phi) is 10.3. The maximum atomic E-state index is 13.9. The van der Waals surface area contributed by atoms with Gasteiger partial charge in [-0.25, -0.2) is 4.79 Å². The fourth-order valence-electron chi connectivity index (χ4n) is 2.30. The molecule has 0 rings (SSSR count). The first-order chi connectivity index (χ1) is 14.7. The molecule has 0 heterocycles. The number of carbonyl (C=O) groups is 2. The van der Waals surface area contributed by atoms with Crippen LogP contribution >= 0.6 is 0 Å². The molecule has 33 heavy (non-hydrogen) atoms. The molecule has 1 amide bonds. The maximum Gasteiger partial charge on any atom is 0.466 e. The molecule has 0 spiro atoms. The highest BCUT2D eigenvalue weighted by atomic mass is 32.2. The predicted octanol–water partition coefficient (Wildman–Crippen LogP) is 3.44. The Morgan fingerprint density at radius 3 is 1.79 bits per heavy atom. The van der Waals surface area contributed by atoms with E-state index in [1.54, 1.807) is 0 Å². The summed E-state index contributed by atoms with van der Waals surface area (Å²) in [5.41, 5.74) is 0. The Morgan fingerprint density at radius 1 is 1.00 bits per heavy atom. The minimum atomic E-state index is -6.71. The number of alkyl halides is 7. The van der Waals surface area contributed by atoms with Gasteiger partial charge in [0.15, 0.2) is 0 Å². The SMILES string of the molecule is C=C(F)C(=O)OC(OCCC(F)(F)C(F)(F)S(=O)(=O)O)(C(=O)N(CCC)CCC)C(F)(F)F. The lowest BCUT2D eigenvalue weighted by molar-refractivity contribution is -0.353. The molecule has 0 aromatic heterocycles. The summed E-state index contributed by atoms with van der Waals surface area (Å²) in [5, 5.41) is -6.14. The highest BCUT2D eigenvalue weighted by Crippen LogP contribution is 2.42. The second-order valence-electron chi connectivity index (χ2n) is 6.50. The van der Waals surface area contributed by atoms with Gasteiger partial charge in [0.1, 0.15) is 0 Å². The summed E-state index contributed by atoms with van der Waals surface area (Å²) in [7, 11) is -6.71. The quantitative estimate of drug-likeness (QED) is 0.130. The van der Waals surface area contributed by atoms with Gasteiger partial charge < -0.3 is 14.4 Å². The van der Waals surface area contributed by atoms with Gasteiger partial charge in [-0.1, -0.05) is 20.4 Å². The average molecular weight is 523 g/mol. The number of hydrogen-bond donors (Lipinski definition) is 1. The highest BCUT2D eigenvalue weighted by molar-refractivity contribution is 7.87.